The predicted octanol–water partition coefficient (Wildman–Crippen LogP) is 3.34. The van der Waals surface area contributed by atoms with Crippen LogP contribution in [0.5, 0.6) is 5.75 Å². The third kappa shape index (κ3) is 4.84. The van der Waals surface area contributed by atoms with Crippen molar-refractivity contribution in [1.29, 1.82) is 0 Å². The lowest BCUT2D eigenvalue weighted by atomic mass is 10.1. The van der Waals surface area contributed by atoms with Crippen molar-refractivity contribution in [3.8, 4) is 5.75 Å². The minimum absolute atomic E-state index is 0.0912. The highest BCUT2D eigenvalue weighted by molar-refractivity contribution is 7.10. The van der Waals surface area contributed by atoms with E-state index in [4.69, 9.17) is 9.47 Å². The zero-order chi connectivity index (χ0) is 18.2. The number of hydrogen-bond acceptors (Lipinski definition) is 5. The van der Waals surface area contributed by atoms with Gasteiger partial charge in [0.05, 0.1) is 31.4 Å². The lowest BCUT2D eigenvalue weighted by Gasteiger charge is -2.34. The Balaban J connectivity index is 1.68. The fraction of sp³-hybridized carbons (Fsp3) is 0.450. The molecule has 0 saturated carbocycles. The van der Waals surface area contributed by atoms with Crippen LogP contribution >= 0.6 is 11.3 Å². The van der Waals surface area contributed by atoms with Crippen molar-refractivity contribution >= 4 is 17.2 Å². The molecule has 2 heterocycles. The first kappa shape index (κ1) is 18.9. The molecule has 1 aliphatic rings. The van der Waals surface area contributed by atoms with Gasteiger partial charge in [0.15, 0.2) is 0 Å². The Morgan fingerprint density at radius 2 is 2.08 bits per heavy atom. The zero-order valence-electron chi connectivity index (χ0n) is 15.1. The van der Waals surface area contributed by atoms with Crippen LogP contribution < -0.4 is 10.1 Å². The molecule has 1 unspecified atom stereocenters. The standard InChI is InChI=1S/C20H26N2O3S/c1-2-11-25-18-7-4-3-6-16(18)20(23)21-15-17(19-8-5-14-26-19)22-9-12-24-13-10-22/h3-8,14,17H,2,9-13,15H2,1H3,(H,21,23). The van der Waals surface area contributed by atoms with Gasteiger partial charge in [-0.15, -0.1) is 11.3 Å². The molecule has 1 atom stereocenters. The summed E-state index contributed by atoms with van der Waals surface area (Å²) in [6.45, 7) is 6.48. The summed E-state index contributed by atoms with van der Waals surface area (Å²) in [6, 6.07) is 11.8. The molecule has 5 nitrogen and oxygen atoms in total. The van der Waals surface area contributed by atoms with Crippen LogP contribution in [0.15, 0.2) is 41.8 Å². The third-order valence-corrected chi connectivity index (χ3v) is 5.38. The molecule has 1 fully saturated rings. The van der Waals surface area contributed by atoms with Crippen LogP contribution in [0.25, 0.3) is 0 Å². The van der Waals surface area contributed by atoms with Gasteiger partial charge in [-0.05, 0) is 30.0 Å². The molecule has 1 N–H and O–H groups in total. The SMILES string of the molecule is CCCOc1ccccc1C(=O)NCC(c1cccs1)N1CCOCC1. The predicted molar refractivity (Wildman–Crippen MR) is 104 cm³/mol. The molecule has 2 aromatic rings. The summed E-state index contributed by atoms with van der Waals surface area (Å²) in [5.74, 6) is 0.553. The van der Waals surface area contributed by atoms with E-state index in [0.717, 1.165) is 32.7 Å². The third-order valence-electron chi connectivity index (χ3n) is 4.41. The van der Waals surface area contributed by atoms with Crippen LogP contribution in [0.3, 0.4) is 0 Å². The molecule has 0 radical (unpaired) electrons. The maximum absolute atomic E-state index is 12.8. The molecule has 1 aromatic heterocycles. The van der Waals surface area contributed by atoms with Crippen LogP contribution in [-0.4, -0.2) is 50.3 Å². The number of carbonyl (C=O) groups is 1. The number of amides is 1. The highest BCUT2D eigenvalue weighted by atomic mass is 32.1. The molecule has 3 rings (SSSR count). The zero-order valence-corrected chi connectivity index (χ0v) is 16.0. The van der Waals surface area contributed by atoms with E-state index in [2.05, 4.69) is 34.7 Å². The molecule has 140 valence electrons. The molecule has 1 saturated heterocycles. The first-order valence-corrected chi connectivity index (χ1v) is 10.0. The van der Waals surface area contributed by atoms with Gasteiger partial charge in [-0.1, -0.05) is 25.1 Å². The Morgan fingerprint density at radius 3 is 2.81 bits per heavy atom. The molecule has 6 heteroatoms. The van der Waals surface area contributed by atoms with Gasteiger partial charge in [0.1, 0.15) is 5.75 Å². The Kier molecular flexibility index (Phi) is 7.05. The molecular formula is C20H26N2O3S. The molecule has 0 spiro atoms. The van der Waals surface area contributed by atoms with Crippen molar-refractivity contribution in [2.45, 2.75) is 19.4 Å². The number of morpholine rings is 1. The lowest BCUT2D eigenvalue weighted by Crippen LogP contribution is -2.43. The van der Waals surface area contributed by atoms with Gasteiger partial charge in [0.25, 0.3) is 5.91 Å². The Hall–Kier alpha value is -1.89. The summed E-state index contributed by atoms with van der Waals surface area (Å²) < 4.78 is 11.2. The van der Waals surface area contributed by atoms with E-state index in [1.807, 2.05) is 24.3 Å². The Labute approximate surface area is 158 Å². The van der Waals surface area contributed by atoms with Crippen LogP contribution in [-0.2, 0) is 4.74 Å². The summed E-state index contributed by atoms with van der Waals surface area (Å²) in [7, 11) is 0. The quantitative estimate of drug-likeness (QED) is 0.770. The lowest BCUT2D eigenvalue weighted by molar-refractivity contribution is 0.0169. The first-order chi connectivity index (χ1) is 12.8. The van der Waals surface area contributed by atoms with E-state index in [1.54, 1.807) is 11.3 Å². The average Bonchev–Trinajstić information content (AvgIpc) is 3.22. The molecule has 0 bridgehead atoms. The maximum atomic E-state index is 12.8. The second kappa shape index (κ2) is 9.71. The Morgan fingerprint density at radius 1 is 1.27 bits per heavy atom. The molecule has 1 aromatic carbocycles. The van der Waals surface area contributed by atoms with E-state index in [9.17, 15) is 4.79 Å². The van der Waals surface area contributed by atoms with Crippen molar-refractivity contribution < 1.29 is 14.3 Å². The van der Waals surface area contributed by atoms with E-state index >= 15 is 0 Å². The summed E-state index contributed by atoms with van der Waals surface area (Å²) in [6.07, 6.45) is 0.910. The van der Waals surface area contributed by atoms with Gasteiger partial charge in [-0.3, -0.25) is 9.69 Å². The minimum Gasteiger partial charge on any atom is -0.493 e. The average molecular weight is 375 g/mol. The first-order valence-electron chi connectivity index (χ1n) is 9.15. The smallest absolute Gasteiger partial charge is 0.255 e. The van der Waals surface area contributed by atoms with Crippen LogP contribution in [0, 0.1) is 0 Å². The number of benzene rings is 1. The number of rotatable bonds is 8. The second-order valence-electron chi connectivity index (χ2n) is 6.23. The Bertz CT molecular complexity index is 684. The largest absolute Gasteiger partial charge is 0.493 e. The number of thiophene rings is 1. The monoisotopic (exact) mass is 374 g/mol. The van der Waals surface area contributed by atoms with Gasteiger partial charge in [0.2, 0.25) is 0 Å². The summed E-state index contributed by atoms with van der Waals surface area (Å²) >= 11 is 1.73. The van der Waals surface area contributed by atoms with Crippen molar-refractivity contribution in [2.24, 2.45) is 0 Å². The summed E-state index contributed by atoms with van der Waals surface area (Å²) in [4.78, 5) is 16.4. The second-order valence-corrected chi connectivity index (χ2v) is 7.21. The molecule has 1 aliphatic heterocycles. The van der Waals surface area contributed by atoms with Gasteiger partial charge in [-0.25, -0.2) is 0 Å². The van der Waals surface area contributed by atoms with Crippen molar-refractivity contribution in [3.05, 3.63) is 52.2 Å². The number of ether oxygens (including phenoxy) is 2. The number of nitrogens with one attached hydrogen (secondary N) is 1. The van der Waals surface area contributed by atoms with Crippen LogP contribution in [0.1, 0.15) is 34.6 Å². The van der Waals surface area contributed by atoms with Crippen LogP contribution in [0.4, 0.5) is 0 Å². The number of para-hydroxylation sites is 1. The normalized spacial score (nSPS) is 16.2. The van der Waals surface area contributed by atoms with E-state index in [-0.39, 0.29) is 11.9 Å². The summed E-state index contributed by atoms with van der Waals surface area (Å²) in [5, 5.41) is 5.19. The van der Waals surface area contributed by atoms with E-state index < -0.39 is 0 Å². The van der Waals surface area contributed by atoms with Crippen molar-refractivity contribution in [1.82, 2.24) is 10.2 Å². The fourth-order valence-corrected chi connectivity index (χ4v) is 3.92. The van der Waals surface area contributed by atoms with Gasteiger partial charge < -0.3 is 14.8 Å². The number of carbonyl (C=O) groups excluding carboxylic acids is 1. The minimum atomic E-state index is -0.0912. The van der Waals surface area contributed by atoms with Gasteiger partial charge >= 0.3 is 0 Å². The molecule has 1 amide bonds. The highest BCUT2D eigenvalue weighted by Gasteiger charge is 2.24. The van der Waals surface area contributed by atoms with Crippen LogP contribution in [0.2, 0.25) is 0 Å². The van der Waals surface area contributed by atoms with Gasteiger partial charge in [-0.2, -0.15) is 0 Å². The highest BCUT2D eigenvalue weighted by Crippen LogP contribution is 2.26. The maximum Gasteiger partial charge on any atom is 0.255 e. The topological polar surface area (TPSA) is 50.8 Å². The fourth-order valence-electron chi connectivity index (χ4n) is 3.06. The molecular weight excluding hydrogens is 348 g/mol. The van der Waals surface area contributed by atoms with Crippen molar-refractivity contribution in [2.75, 3.05) is 39.5 Å². The molecule has 26 heavy (non-hydrogen) atoms. The van der Waals surface area contributed by atoms with E-state index in [1.165, 1.54) is 4.88 Å². The number of hydrogen-bond donors (Lipinski definition) is 1. The number of nitrogens with zero attached hydrogens (tertiary/aromatic N) is 1. The van der Waals surface area contributed by atoms with Gasteiger partial charge in [0, 0.05) is 24.5 Å². The van der Waals surface area contributed by atoms with E-state index in [0.29, 0.717) is 24.5 Å². The van der Waals surface area contributed by atoms with Crippen molar-refractivity contribution in [3.63, 3.8) is 0 Å². The molecule has 0 aliphatic carbocycles. The summed E-state index contributed by atoms with van der Waals surface area (Å²) in [5.41, 5.74) is 0.591.